The fraction of sp³-hybridized carbons (Fsp3) is 0.188. The van der Waals surface area contributed by atoms with Crippen LogP contribution in [0.15, 0.2) is 46.9 Å². The Morgan fingerprint density at radius 1 is 1.05 bits per heavy atom. The van der Waals surface area contributed by atoms with Gasteiger partial charge in [-0.1, -0.05) is 28.1 Å². The van der Waals surface area contributed by atoms with E-state index in [4.69, 9.17) is 9.47 Å². The third-order valence-electron chi connectivity index (χ3n) is 3.25. The van der Waals surface area contributed by atoms with Crippen molar-refractivity contribution in [1.82, 2.24) is 0 Å². The van der Waals surface area contributed by atoms with Crippen LogP contribution < -0.4 is 9.47 Å². The first-order valence-corrected chi connectivity index (χ1v) is 7.19. The van der Waals surface area contributed by atoms with E-state index in [1.165, 1.54) is 0 Å². The van der Waals surface area contributed by atoms with Crippen molar-refractivity contribution in [3.8, 4) is 11.5 Å². The van der Waals surface area contributed by atoms with E-state index in [2.05, 4.69) is 15.9 Å². The van der Waals surface area contributed by atoms with Crippen LogP contribution in [0.25, 0.3) is 0 Å². The first-order chi connectivity index (χ1) is 9.72. The lowest BCUT2D eigenvalue weighted by Crippen LogP contribution is -2.01. The van der Waals surface area contributed by atoms with Gasteiger partial charge in [0.25, 0.3) is 0 Å². The largest absolute Gasteiger partial charge is 0.454 e. The second kappa shape index (κ2) is 5.67. The fourth-order valence-electron chi connectivity index (χ4n) is 2.12. The molecule has 0 spiro atoms. The Bertz CT molecular complexity index is 635. The minimum Gasteiger partial charge on any atom is -0.454 e. The Kier molecular flexibility index (Phi) is 3.74. The summed E-state index contributed by atoms with van der Waals surface area (Å²) in [6, 6.07) is 13.4. The minimum atomic E-state index is 0.117. The van der Waals surface area contributed by atoms with Gasteiger partial charge >= 0.3 is 0 Å². The number of carbonyl (C=O) groups excluding carboxylic acids is 1. The molecule has 102 valence electrons. The Morgan fingerprint density at radius 3 is 2.60 bits per heavy atom. The summed E-state index contributed by atoms with van der Waals surface area (Å²) >= 11 is 3.40. The second-order valence-electron chi connectivity index (χ2n) is 4.62. The highest BCUT2D eigenvalue weighted by Gasteiger charge is 2.16. The Labute approximate surface area is 125 Å². The predicted octanol–water partition coefficient (Wildman–Crippen LogP) is 3.99. The van der Waals surface area contributed by atoms with Crippen LogP contribution in [0, 0.1) is 0 Å². The fourth-order valence-corrected chi connectivity index (χ4v) is 2.39. The van der Waals surface area contributed by atoms with Crippen LogP contribution in [-0.4, -0.2) is 12.6 Å². The molecule has 0 atom stereocenters. The van der Waals surface area contributed by atoms with E-state index in [1.807, 2.05) is 24.3 Å². The van der Waals surface area contributed by atoms with Crippen LogP contribution in [0.5, 0.6) is 11.5 Å². The zero-order valence-corrected chi connectivity index (χ0v) is 12.4. The molecule has 1 heterocycles. The monoisotopic (exact) mass is 332 g/mol. The van der Waals surface area contributed by atoms with Crippen molar-refractivity contribution in [3.63, 3.8) is 0 Å². The van der Waals surface area contributed by atoms with Gasteiger partial charge in [0, 0.05) is 16.5 Å². The number of ether oxygens (including phenoxy) is 2. The maximum Gasteiger partial charge on any atom is 0.231 e. The van der Waals surface area contributed by atoms with Gasteiger partial charge in [-0.2, -0.15) is 0 Å². The highest BCUT2D eigenvalue weighted by Crippen LogP contribution is 2.32. The number of hydrogen-bond donors (Lipinski definition) is 0. The molecule has 3 nitrogen and oxygen atoms in total. The van der Waals surface area contributed by atoms with E-state index >= 15 is 0 Å². The van der Waals surface area contributed by atoms with Crippen molar-refractivity contribution in [2.45, 2.75) is 12.8 Å². The van der Waals surface area contributed by atoms with E-state index < -0.39 is 0 Å². The predicted molar refractivity (Wildman–Crippen MR) is 79.4 cm³/mol. The molecule has 0 saturated carbocycles. The van der Waals surface area contributed by atoms with Crippen molar-refractivity contribution in [2.75, 3.05) is 6.79 Å². The summed E-state index contributed by atoms with van der Waals surface area (Å²) in [5.41, 5.74) is 1.83. The van der Waals surface area contributed by atoms with Gasteiger partial charge in [-0.3, -0.25) is 4.79 Å². The SMILES string of the molecule is O=C(CCc1ccc(Br)cc1)c1ccc2c(c1)OCO2. The lowest BCUT2D eigenvalue weighted by Gasteiger charge is -2.03. The van der Waals surface area contributed by atoms with Gasteiger partial charge in [-0.05, 0) is 42.3 Å². The lowest BCUT2D eigenvalue weighted by atomic mass is 10.0. The van der Waals surface area contributed by atoms with Crippen LogP contribution in [0.3, 0.4) is 0 Å². The highest BCUT2D eigenvalue weighted by molar-refractivity contribution is 9.10. The summed E-state index contributed by atoms with van der Waals surface area (Å²) < 4.78 is 11.6. The molecule has 1 aliphatic rings. The van der Waals surface area contributed by atoms with Gasteiger partial charge in [-0.25, -0.2) is 0 Å². The summed E-state index contributed by atoms with van der Waals surface area (Å²) in [5, 5.41) is 0. The molecule has 1 aliphatic heterocycles. The third kappa shape index (κ3) is 2.85. The van der Waals surface area contributed by atoms with Gasteiger partial charge in [0.05, 0.1) is 0 Å². The Hall–Kier alpha value is -1.81. The van der Waals surface area contributed by atoms with Gasteiger partial charge in [0.2, 0.25) is 6.79 Å². The molecule has 0 aromatic heterocycles. The molecule has 0 amide bonds. The van der Waals surface area contributed by atoms with Crippen LogP contribution >= 0.6 is 15.9 Å². The van der Waals surface area contributed by atoms with Crippen molar-refractivity contribution >= 4 is 21.7 Å². The number of rotatable bonds is 4. The van der Waals surface area contributed by atoms with Crippen molar-refractivity contribution in [3.05, 3.63) is 58.1 Å². The zero-order valence-electron chi connectivity index (χ0n) is 10.8. The molecule has 2 aromatic rings. The molecular weight excluding hydrogens is 320 g/mol. The van der Waals surface area contributed by atoms with Crippen molar-refractivity contribution in [1.29, 1.82) is 0 Å². The third-order valence-corrected chi connectivity index (χ3v) is 3.78. The number of halogens is 1. The number of benzene rings is 2. The van der Waals surface area contributed by atoms with Gasteiger partial charge in [-0.15, -0.1) is 0 Å². The topological polar surface area (TPSA) is 35.5 Å². The van der Waals surface area contributed by atoms with E-state index in [1.54, 1.807) is 18.2 Å². The van der Waals surface area contributed by atoms with Crippen LogP contribution in [0.2, 0.25) is 0 Å². The highest BCUT2D eigenvalue weighted by atomic mass is 79.9. The molecule has 0 N–H and O–H groups in total. The maximum atomic E-state index is 12.2. The molecule has 20 heavy (non-hydrogen) atoms. The average Bonchev–Trinajstić information content (AvgIpc) is 2.93. The van der Waals surface area contributed by atoms with Crippen molar-refractivity contribution < 1.29 is 14.3 Å². The Balaban J connectivity index is 1.66. The summed E-state index contributed by atoms with van der Waals surface area (Å²) in [6.45, 7) is 0.228. The quantitative estimate of drug-likeness (QED) is 0.794. The molecule has 0 bridgehead atoms. The number of ketones is 1. The zero-order chi connectivity index (χ0) is 13.9. The summed E-state index contributed by atoms with van der Waals surface area (Å²) in [7, 11) is 0. The number of aryl methyl sites for hydroxylation is 1. The molecule has 0 saturated heterocycles. The van der Waals surface area contributed by atoms with Crippen LogP contribution in [0.4, 0.5) is 0 Å². The molecular formula is C16H13BrO3. The standard InChI is InChI=1S/C16H13BrO3/c17-13-5-1-11(2-6-13)3-7-14(18)12-4-8-15-16(9-12)20-10-19-15/h1-2,4-6,8-9H,3,7,10H2. The number of carbonyl (C=O) groups is 1. The van der Waals surface area contributed by atoms with E-state index in [0.717, 1.165) is 16.5 Å². The van der Waals surface area contributed by atoms with E-state index in [-0.39, 0.29) is 12.6 Å². The first kappa shape index (κ1) is 13.2. The number of Topliss-reactive ketones (excluding diaryl/α,β-unsaturated/α-hetero) is 1. The smallest absolute Gasteiger partial charge is 0.231 e. The summed E-state index contributed by atoms with van der Waals surface area (Å²) in [5.74, 6) is 1.47. The molecule has 0 unspecified atom stereocenters. The number of hydrogen-bond acceptors (Lipinski definition) is 3. The maximum absolute atomic E-state index is 12.2. The van der Waals surface area contributed by atoms with Crippen molar-refractivity contribution in [2.24, 2.45) is 0 Å². The van der Waals surface area contributed by atoms with E-state index in [9.17, 15) is 4.79 Å². The van der Waals surface area contributed by atoms with Crippen LogP contribution in [0.1, 0.15) is 22.3 Å². The molecule has 0 radical (unpaired) electrons. The second-order valence-corrected chi connectivity index (χ2v) is 5.53. The molecule has 3 rings (SSSR count). The minimum absolute atomic E-state index is 0.117. The Morgan fingerprint density at radius 2 is 1.80 bits per heavy atom. The summed E-state index contributed by atoms with van der Waals surface area (Å²) in [6.07, 6.45) is 1.22. The van der Waals surface area contributed by atoms with Gasteiger partial charge < -0.3 is 9.47 Å². The molecule has 0 aliphatic carbocycles. The van der Waals surface area contributed by atoms with Gasteiger partial charge in [0.15, 0.2) is 17.3 Å². The normalized spacial score (nSPS) is 12.4. The van der Waals surface area contributed by atoms with Gasteiger partial charge in [0.1, 0.15) is 0 Å². The molecule has 2 aromatic carbocycles. The molecule has 4 heteroatoms. The van der Waals surface area contributed by atoms with Crippen LogP contribution in [-0.2, 0) is 6.42 Å². The van der Waals surface area contributed by atoms with E-state index in [0.29, 0.717) is 23.5 Å². The molecule has 0 fully saturated rings. The lowest BCUT2D eigenvalue weighted by molar-refractivity contribution is 0.0982. The first-order valence-electron chi connectivity index (χ1n) is 6.40. The average molecular weight is 333 g/mol. The number of fused-ring (bicyclic) bond motifs is 1. The summed E-state index contributed by atoms with van der Waals surface area (Å²) in [4.78, 5) is 12.2.